The van der Waals surface area contributed by atoms with Crippen LogP contribution in [0.5, 0.6) is 0 Å². The lowest BCUT2D eigenvalue weighted by molar-refractivity contribution is -0.105. The monoisotopic (exact) mass is 111 g/mol. The van der Waals surface area contributed by atoms with E-state index in [4.69, 9.17) is 5.41 Å². The molecule has 0 fully saturated rings. The van der Waals surface area contributed by atoms with Crippen LogP contribution < -0.4 is 0 Å². The molecule has 0 rings (SSSR count). The van der Waals surface area contributed by atoms with Gasteiger partial charge in [-0.05, 0) is 18.1 Å². The van der Waals surface area contributed by atoms with Crippen molar-refractivity contribution in [3.8, 4) is 0 Å². The van der Waals surface area contributed by atoms with Crippen LogP contribution >= 0.6 is 0 Å². The molecule has 0 heterocycles. The lowest BCUT2D eigenvalue weighted by Crippen LogP contribution is -1.80. The molecule has 0 saturated heterocycles. The summed E-state index contributed by atoms with van der Waals surface area (Å²) in [7, 11) is 0. The number of allylic oxidation sites excluding steroid dienone is 2. The number of carbonyl (C=O) groups is 1. The van der Waals surface area contributed by atoms with E-state index in [0.717, 1.165) is 12.5 Å². The molecule has 2 nitrogen and oxygen atoms in total. The summed E-state index contributed by atoms with van der Waals surface area (Å²) < 4.78 is 0. The molecule has 2 heteroatoms. The standard InChI is InChI=1S/C6H9NO/c1-2-6(5-8)3-4-7/h3-5,7H,2H2,1H3/b6-3-,7-4?. The van der Waals surface area contributed by atoms with Crippen molar-refractivity contribution in [3.63, 3.8) is 0 Å². The van der Waals surface area contributed by atoms with E-state index in [1.165, 1.54) is 6.08 Å². The van der Waals surface area contributed by atoms with Gasteiger partial charge in [-0.25, -0.2) is 0 Å². The molecule has 0 aromatic heterocycles. The molecule has 8 heavy (non-hydrogen) atoms. The maximum atomic E-state index is 9.95. The van der Waals surface area contributed by atoms with Crippen LogP contribution in [-0.2, 0) is 4.79 Å². The molecule has 0 aliphatic heterocycles. The van der Waals surface area contributed by atoms with Crippen molar-refractivity contribution in [1.82, 2.24) is 0 Å². The first kappa shape index (κ1) is 7.08. The van der Waals surface area contributed by atoms with Crippen molar-refractivity contribution in [2.24, 2.45) is 0 Å². The summed E-state index contributed by atoms with van der Waals surface area (Å²) in [4.78, 5) is 9.95. The Labute approximate surface area is 48.7 Å². The van der Waals surface area contributed by atoms with E-state index in [1.54, 1.807) is 0 Å². The molecular weight excluding hydrogens is 102 g/mol. The third-order valence-corrected chi connectivity index (χ3v) is 0.857. The summed E-state index contributed by atoms with van der Waals surface area (Å²) in [5, 5.41) is 6.58. The number of hydrogen-bond donors (Lipinski definition) is 1. The van der Waals surface area contributed by atoms with Gasteiger partial charge in [0.05, 0.1) is 0 Å². The fraction of sp³-hybridized carbons (Fsp3) is 0.333. The van der Waals surface area contributed by atoms with Crippen LogP contribution in [0.2, 0.25) is 0 Å². The predicted molar refractivity (Wildman–Crippen MR) is 33.2 cm³/mol. The van der Waals surface area contributed by atoms with E-state index in [1.807, 2.05) is 6.92 Å². The number of hydrogen-bond acceptors (Lipinski definition) is 2. The van der Waals surface area contributed by atoms with E-state index in [2.05, 4.69) is 0 Å². The van der Waals surface area contributed by atoms with Crippen LogP contribution in [0.25, 0.3) is 0 Å². The maximum Gasteiger partial charge on any atom is 0.146 e. The summed E-state index contributed by atoms with van der Waals surface area (Å²) >= 11 is 0. The smallest absolute Gasteiger partial charge is 0.146 e. The van der Waals surface area contributed by atoms with Gasteiger partial charge in [-0.15, -0.1) is 0 Å². The van der Waals surface area contributed by atoms with Crippen LogP contribution in [0.1, 0.15) is 13.3 Å². The fourth-order valence-corrected chi connectivity index (χ4v) is 0.348. The SMILES string of the molecule is CC/C(C=O)=C/C=N. The number of carbonyl (C=O) groups excluding carboxylic acids is 1. The van der Waals surface area contributed by atoms with Crippen LogP contribution in [0.15, 0.2) is 11.6 Å². The zero-order valence-corrected chi connectivity index (χ0v) is 4.85. The van der Waals surface area contributed by atoms with Gasteiger partial charge in [0, 0.05) is 6.21 Å². The Balaban J connectivity index is 3.84. The minimum atomic E-state index is 0.667. The molecule has 0 amide bonds. The second-order valence-corrected chi connectivity index (χ2v) is 1.38. The molecule has 0 atom stereocenters. The number of nitrogens with one attached hydrogen (secondary N) is 1. The van der Waals surface area contributed by atoms with Gasteiger partial charge in [-0.3, -0.25) is 4.79 Å². The van der Waals surface area contributed by atoms with Crippen molar-refractivity contribution in [2.45, 2.75) is 13.3 Å². The summed E-state index contributed by atoms with van der Waals surface area (Å²) in [6.45, 7) is 1.88. The lowest BCUT2D eigenvalue weighted by Gasteiger charge is -1.84. The molecule has 0 aliphatic rings. The number of rotatable bonds is 3. The van der Waals surface area contributed by atoms with Crippen molar-refractivity contribution < 1.29 is 4.79 Å². The normalized spacial score (nSPS) is 10.9. The summed E-state index contributed by atoms with van der Waals surface area (Å²) in [6, 6.07) is 0. The molecule has 0 aromatic carbocycles. The molecule has 0 bridgehead atoms. The molecule has 0 aromatic rings. The molecule has 44 valence electrons. The largest absolute Gasteiger partial charge is 0.309 e. The summed E-state index contributed by atoms with van der Waals surface area (Å²) in [5.74, 6) is 0. The van der Waals surface area contributed by atoms with Gasteiger partial charge in [0.2, 0.25) is 0 Å². The lowest BCUT2D eigenvalue weighted by atomic mass is 10.2. The molecule has 0 saturated carbocycles. The van der Waals surface area contributed by atoms with Crippen LogP contribution in [0.4, 0.5) is 0 Å². The van der Waals surface area contributed by atoms with Gasteiger partial charge in [0.1, 0.15) is 6.29 Å². The molecule has 0 radical (unpaired) electrons. The Bertz CT molecular complexity index is 116. The van der Waals surface area contributed by atoms with Gasteiger partial charge < -0.3 is 5.41 Å². The van der Waals surface area contributed by atoms with Crippen molar-refractivity contribution in [2.75, 3.05) is 0 Å². The molecule has 0 aliphatic carbocycles. The van der Waals surface area contributed by atoms with Gasteiger partial charge >= 0.3 is 0 Å². The third-order valence-electron chi connectivity index (χ3n) is 0.857. The van der Waals surface area contributed by atoms with Crippen LogP contribution in [0.3, 0.4) is 0 Å². The van der Waals surface area contributed by atoms with Crippen molar-refractivity contribution in [1.29, 1.82) is 5.41 Å². The highest BCUT2D eigenvalue weighted by molar-refractivity contribution is 5.82. The van der Waals surface area contributed by atoms with Crippen molar-refractivity contribution >= 4 is 12.5 Å². The average Bonchev–Trinajstić information content (AvgIpc) is 1.83. The zero-order valence-electron chi connectivity index (χ0n) is 4.85. The van der Waals surface area contributed by atoms with E-state index in [-0.39, 0.29) is 0 Å². The highest BCUT2D eigenvalue weighted by Gasteiger charge is 1.84. The molecular formula is C6H9NO. The summed E-state index contributed by atoms with van der Waals surface area (Å²) in [6.07, 6.45) is 4.09. The molecule has 1 N–H and O–H groups in total. The Morgan fingerprint density at radius 2 is 2.38 bits per heavy atom. The summed E-state index contributed by atoms with van der Waals surface area (Å²) in [5.41, 5.74) is 0.667. The second kappa shape index (κ2) is 4.24. The average molecular weight is 111 g/mol. The minimum absolute atomic E-state index is 0.667. The molecule has 0 unspecified atom stereocenters. The van der Waals surface area contributed by atoms with E-state index >= 15 is 0 Å². The highest BCUT2D eigenvalue weighted by atomic mass is 16.1. The van der Waals surface area contributed by atoms with Gasteiger partial charge in [0.25, 0.3) is 0 Å². The first-order valence-corrected chi connectivity index (χ1v) is 2.50. The Morgan fingerprint density at radius 3 is 2.50 bits per heavy atom. The predicted octanol–water partition coefficient (Wildman–Crippen LogP) is 1.17. The second-order valence-electron chi connectivity index (χ2n) is 1.38. The number of aldehydes is 1. The minimum Gasteiger partial charge on any atom is -0.309 e. The fourth-order valence-electron chi connectivity index (χ4n) is 0.348. The Hall–Kier alpha value is -0.920. The quantitative estimate of drug-likeness (QED) is 0.331. The zero-order chi connectivity index (χ0) is 6.41. The Morgan fingerprint density at radius 1 is 1.75 bits per heavy atom. The van der Waals surface area contributed by atoms with Gasteiger partial charge in [-0.1, -0.05) is 6.92 Å². The van der Waals surface area contributed by atoms with Gasteiger partial charge in [-0.2, -0.15) is 0 Å². The van der Waals surface area contributed by atoms with E-state index < -0.39 is 0 Å². The highest BCUT2D eigenvalue weighted by Crippen LogP contribution is 1.91. The Kier molecular flexibility index (Phi) is 3.76. The molecule has 0 spiro atoms. The van der Waals surface area contributed by atoms with Crippen molar-refractivity contribution in [3.05, 3.63) is 11.6 Å². The maximum absolute atomic E-state index is 9.95. The van der Waals surface area contributed by atoms with E-state index in [9.17, 15) is 4.79 Å². The first-order valence-electron chi connectivity index (χ1n) is 2.50. The topological polar surface area (TPSA) is 40.9 Å². The van der Waals surface area contributed by atoms with Crippen LogP contribution in [0, 0.1) is 5.41 Å². The van der Waals surface area contributed by atoms with Gasteiger partial charge in [0.15, 0.2) is 0 Å². The third kappa shape index (κ3) is 2.29. The van der Waals surface area contributed by atoms with Crippen LogP contribution in [-0.4, -0.2) is 12.5 Å². The first-order chi connectivity index (χ1) is 3.85. The van der Waals surface area contributed by atoms with E-state index in [0.29, 0.717) is 12.0 Å².